The van der Waals surface area contributed by atoms with E-state index in [0.717, 1.165) is 12.8 Å². The number of carbonyl (C=O) groups excluding carboxylic acids is 2. The maximum absolute atomic E-state index is 14.1. The maximum Gasteiger partial charge on any atom is 0.411 e. The quantitative estimate of drug-likeness (QED) is 0.168. The first-order valence-corrected chi connectivity index (χ1v) is 14.4. The van der Waals surface area contributed by atoms with Crippen molar-refractivity contribution in [2.75, 3.05) is 45.5 Å². The van der Waals surface area contributed by atoms with Gasteiger partial charge in [-0.3, -0.25) is 9.69 Å². The first-order chi connectivity index (χ1) is 17.7. The molecule has 0 unspecified atom stereocenters. The second-order valence-electron chi connectivity index (χ2n) is 8.75. The van der Waals surface area contributed by atoms with Crippen molar-refractivity contribution in [3.63, 3.8) is 0 Å². The predicted octanol–water partition coefficient (Wildman–Crippen LogP) is 3.76. The number of rotatable bonds is 18. The van der Waals surface area contributed by atoms with Crippen LogP contribution in [-0.4, -0.2) is 70.8 Å². The Kier molecular flexibility index (Phi) is 13.1. The minimum absolute atomic E-state index is 0.0105. The Morgan fingerprint density at radius 1 is 1.16 bits per heavy atom. The van der Waals surface area contributed by atoms with Crippen molar-refractivity contribution in [1.82, 2.24) is 9.62 Å². The summed E-state index contributed by atoms with van der Waals surface area (Å²) in [7, 11) is -3.66. The highest BCUT2D eigenvalue weighted by atomic mass is 32.2. The van der Waals surface area contributed by atoms with Gasteiger partial charge in [-0.25, -0.2) is 22.3 Å². The Bertz CT molecular complexity index is 971. The van der Waals surface area contributed by atoms with Crippen LogP contribution in [0, 0.1) is 11.7 Å². The number of ether oxygens (including phenoxy) is 4. The molecule has 0 radical (unpaired) electrons. The van der Waals surface area contributed by atoms with Gasteiger partial charge in [0.1, 0.15) is 6.73 Å². The first-order valence-electron chi connectivity index (χ1n) is 12.8. The molecule has 0 saturated heterocycles. The van der Waals surface area contributed by atoms with E-state index in [1.54, 1.807) is 26.0 Å². The van der Waals surface area contributed by atoms with Crippen LogP contribution in [0.2, 0.25) is 0 Å². The number of halogens is 1. The van der Waals surface area contributed by atoms with Crippen LogP contribution in [0.3, 0.4) is 0 Å². The Labute approximate surface area is 218 Å². The molecule has 1 N–H and O–H groups in total. The molecular formula is C25H39FN2O8S. The summed E-state index contributed by atoms with van der Waals surface area (Å²) in [4.78, 5) is 24.9. The third kappa shape index (κ3) is 11.7. The number of esters is 1. The fourth-order valence-corrected chi connectivity index (χ4v) is 4.76. The lowest BCUT2D eigenvalue weighted by atomic mass is 10.1. The van der Waals surface area contributed by atoms with Gasteiger partial charge in [-0.05, 0) is 63.1 Å². The molecular weight excluding hydrogens is 507 g/mol. The Morgan fingerprint density at radius 3 is 2.54 bits per heavy atom. The fourth-order valence-electron chi connectivity index (χ4n) is 3.41. The van der Waals surface area contributed by atoms with Crippen LogP contribution in [0.4, 0.5) is 9.18 Å². The van der Waals surface area contributed by atoms with Crippen molar-refractivity contribution in [1.29, 1.82) is 0 Å². The molecule has 1 fully saturated rings. The highest BCUT2D eigenvalue weighted by Crippen LogP contribution is 2.31. The largest absolute Gasteiger partial charge is 0.490 e. The molecule has 210 valence electrons. The van der Waals surface area contributed by atoms with E-state index in [2.05, 4.69) is 4.72 Å². The van der Waals surface area contributed by atoms with E-state index in [1.165, 1.54) is 11.0 Å². The lowest BCUT2D eigenvalue weighted by molar-refractivity contribution is -0.143. The van der Waals surface area contributed by atoms with Crippen LogP contribution in [0.5, 0.6) is 5.75 Å². The predicted molar refractivity (Wildman–Crippen MR) is 135 cm³/mol. The summed E-state index contributed by atoms with van der Waals surface area (Å²) in [5, 5.41) is 0. The molecule has 37 heavy (non-hydrogen) atoms. The number of amides is 1. The number of benzene rings is 1. The molecule has 1 atom stereocenters. The summed E-state index contributed by atoms with van der Waals surface area (Å²) < 4.78 is 63.0. The van der Waals surface area contributed by atoms with Gasteiger partial charge in [-0.15, -0.1) is 0 Å². The fraction of sp³-hybridized carbons (Fsp3) is 0.680. The Hall–Kier alpha value is -2.44. The second-order valence-corrected chi connectivity index (χ2v) is 10.6. The van der Waals surface area contributed by atoms with Crippen LogP contribution in [0.1, 0.15) is 64.5 Å². The van der Waals surface area contributed by atoms with Gasteiger partial charge >= 0.3 is 12.1 Å². The SMILES string of the molecule is CCOC(=O)CCN(COCCCS(=O)(=O)N[C@H](CC)c1ccc(F)c(OCC2CC2)c1)C(=O)OCC. The van der Waals surface area contributed by atoms with E-state index >= 15 is 0 Å². The molecule has 0 spiro atoms. The number of sulfonamides is 1. The van der Waals surface area contributed by atoms with Crippen LogP contribution in [0.15, 0.2) is 18.2 Å². The average molecular weight is 547 g/mol. The molecule has 10 nitrogen and oxygen atoms in total. The maximum atomic E-state index is 14.1. The van der Waals surface area contributed by atoms with Crippen LogP contribution < -0.4 is 9.46 Å². The van der Waals surface area contributed by atoms with Gasteiger partial charge in [0.2, 0.25) is 10.0 Å². The number of hydrogen-bond acceptors (Lipinski definition) is 8. The zero-order chi connectivity index (χ0) is 27.3. The van der Waals surface area contributed by atoms with Gasteiger partial charge in [-0.2, -0.15) is 0 Å². The standard InChI is InChI=1S/C25H39FN2O8S/c1-4-22(20-10-11-21(26)23(16-20)36-17-19-8-9-19)27-37(31,32)15-7-14-33-18-28(25(30)35-6-3)13-12-24(29)34-5-2/h10-11,16,19,22,27H,4-9,12-15,17-18H2,1-3H3/t22-/m1/s1. The van der Waals surface area contributed by atoms with Crippen molar-refractivity contribution < 1.29 is 41.3 Å². The second kappa shape index (κ2) is 15.7. The molecule has 0 bridgehead atoms. The highest BCUT2D eigenvalue weighted by molar-refractivity contribution is 7.89. The minimum atomic E-state index is -3.66. The van der Waals surface area contributed by atoms with Gasteiger partial charge in [0.15, 0.2) is 11.6 Å². The summed E-state index contributed by atoms with van der Waals surface area (Å²) in [6, 6.07) is 3.87. The van der Waals surface area contributed by atoms with Crippen LogP contribution in [0.25, 0.3) is 0 Å². The van der Waals surface area contributed by atoms with Crippen molar-refractivity contribution >= 4 is 22.1 Å². The molecule has 1 amide bonds. The zero-order valence-electron chi connectivity index (χ0n) is 21.9. The van der Waals surface area contributed by atoms with Crippen molar-refractivity contribution in [3.05, 3.63) is 29.6 Å². The van der Waals surface area contributed by atoms with E-state index in [1.807, 2.05) is 6.92 Å². The summed E-state index contributed by atoms with van der Waals surface area (Å²) >= 11 is 0. The Balaban J connectivity index is 1.82. The first kappa shape index (κ1) is 30.8. The van der Waals surface area contributed by atoms with Gasteiger partial charge in [-0.1, -0.05) is 13.0 Å². The van der Waals surface area contributed by atoms with Gasteiger partial charge < -0.3 is 18.9 Å². The normalized spacial score (nSPS) is 14.2. The monoisotopic (exact) mass is 546 g/mol. The van der Waals surface area contributed by atoms with Crippen LogP contribution in [-0.2, 0) is 29.0 Å². The number of nitrogens with one attached hydrogen (secondary N) is 1. The molecule has 0 aliphatic heterocycles. The molecule has 0 aromatic heterocycles. The average Bonchev–Trinajstić information content (AvgIpc) is 3.68. The van der Waals surface area contributed by atoms with Crippen molar-refractivity contribution in [2.24, 2.45) is 5.92 Å². The van der Waals surface area contributed by atoms with E-state index in [9.17, 15) is 22.4 Å². The smallest absolute Gasteiger partial charge is 0.411 e. The number of nitrogens with zero attached hydrogens (tertiary/aromatic N) is 1. The molecule has 0 heterocycles. The van der Waals surface area contributed by atoms with Gasteiger partial charge in [0, 0.05) is 19.2 Å². The number of carbonyl (C=O) groups is 2. The summed E-state index contributed by atoms with van der Waals surface area (Å²) in [5.41, 5.74) is 0.626. The molecule has 1 aromatic rings. The summed E-state index contributed by atoms with van der Waals surface area (Å²) in [6.45, 7) is 6.04. The molecule has 12 heteroatoms. The van der Waals surface area contributed by atoms with Crippen molar-refractivity contribution in [2.45, 2.75) is 58.9 Å². The summed E-state index contributed by atoms with van der Waals surface area (Å²) in [5.74, 6) is -0.518. The topological polar surface area (TPSA) is 120 Å². The lowest BCUT2D eigenvalue weighted by Gasteiger charge is -2.21. The van der Waals surface area contributed by atoms with E-state index in [-0.39, 0.29) is 57.4 Å². The lowest BCUT2D eigenvalue weighted by Crippen LogP contribution is -2.36. The molecule has 1 aliphatic carbocycles. The van der Waals surface area contributed by atoms with E-state index < -0.39 is 33.9 Å². The van der Waals surface area contributed by atoms with Crippen molar-refractivity contribution in [3.8, 4) is 5.75 Å². The zero-order valence-corrected chi connectivity index (χ0v) is 22.7. The molecule has 1 saturated carbocycles. The van der Waals surface area contributed by atoms with E-state index in [0.29, 0.717) is 24.5 Å². The molecule has 1 aromatic carbocycles. The van der Waals surface area contributed by atoms with Crippen LogP contribution >= 0.6 is 0 Å². The van der Waals surface area contributed by atoms with Gasteiger partial charge in [0.05, 0.1) is 32.0 Å². The third-order valence-electron chi connectivity index (χ3n) is 5.63. The Morgan fingerprint density at radius 2 is 1.89 bits per heavy atom. The third-order valence-corrected chi connectivity index (χ3v) is 7.09. The highest BCUT2D eigenvalue weighted by Gasteiger charge is 2.24. The number of hydrogen-bond donors (Lipinski definition) is 1. The molecule has 1 aliphatic rings. The minimum Gasteiger partial charge on any atom is -0.490 e. The van der Waals surface area contributed by atoms with E-state index in [4.69, 9.17) is 18.9 Å². The molecule has 2 rings (SSSR count). The van der Waals surface area contributed by atoms with Gasteiger partial charge in [0.25, 0.3) is 0 Å². The summed E-state index contributed by atoms with van der Waals surface area (Å²) in [6.07, 6.45) is 2.17.